The largest absolute Gasteiger partial charge is 0.497 e. The maximum Gasteiger partial charge on any atom is 0.267 e. The molecule has 6 nitrogen and oxygen atoms in total. The van der Waals surface area contributed by atoms with Gasteiger partial charge in [0.1, 0.15) is 11.5 Å². The number of benzene rings is 2. The van der Waals surface area contributed by atoms with E-state index in [1.165, 1.54) is 6.92 Å². The summed E-state index contributed by atoms with van der Waals surface area (Å²) in [6, 6.07) is 14.2. The number of para-hydroxylation sites is 2. The second-order valence-electron chi connectivity index (χ2n) is 5.43. The lowest BCUT2D eigenvalue weighted by Gasteiger charge is -2.33. The number of ether oxygens (including phenoxy) is 2. The number of carbonyl (C=O) groups is 2. The van der Waals surface area contributed by atoms with Crippen LogP contribution in [0.1, 0.15) is 6.92 Å². The normalized spacial score (nSPS) is 15.9. The van der Waals surface area contributed by atoms with Crippen molar-refractivity contribution in [1.82, 2.24) is 0 Å². The number of rotatable bonds is 3. The quantitative estimate of drug-likeness (QED) is 0.941. The fourth-order valence-corrected chi connectivity index (χ4v) is 2.59. The van der Waals surface area contributed by atoms with Gasteiger partial charge in [0.2, 0.25) is 5.91 Å². The summed E-state index contributed by atoms with van der Waals surface area (Å²) in [6.07, 6.45) is -0.782. The molecule has 1 unspecified atom stereocenters. The molecule has 6 heteroatoms. The van der Waals surface area contributed by atoms with Crippen molar-refractivity contribution in [1.29, 1.82) is 0 Å². The van der Waals surface area contributed by atoms with Gasteiger partial charge in [-0.05, 0) is 24.3 Å². The lowest BCUT2D eigenvalue weighted by atomic mass is 10.1. The van der Waals surface area contributed by atoms with Crippen LogP contribution in [0.3, 0.4) is 0 Å². The molecule has 24 heavy (non-hydrogen) atoms. The Balaban J connectivity index is 1.79. The van der Waals surface area contributed by atoms with E-state index in [4.69, 9.17) is 9.47 Å². The predicted octanol–water partition coefficient (Wildman–Crippen LogP) is 2.45. The summed E-state index contributed by atoms with van der Waals surface area (Å²) in [5, 5.41) is 2.79. The molecule has 2 aromatic carbocycles. The molecule has 0 aromatic heterocycles. The van der Waals surface area contributed by atoms with Crippen molar-refractivity contribution >= 4 is 23.2 Å². The highest BCUT2D eigenvalue weighted by atomic mass is 16.5. The van der Waals surface area contributed by atoms with Crippen molar-refractivity contribution in [2.75, 3.05) is 23.9 Å². The van der Waals surface area contributed by atoms with E-state index in [0.717, 1.165) is 0 Å². The Morgan fingerprint density at radius 3 is 2.75 bits per heavy atom. The smallest absolute Gasteiger partial charge is 0.267 e. The SMILES string of the molecule is COc1cccc(NC(=O)C2CN(C(C)=O)c3ccccc3O2)c1. The van der Waals surface area contributed by atoms with Crippen molar-refractivity contribution in [2.45, 2.75) is 13.0 Å². The fourth-order valence-electron chi connectivity index (χ4n) is 2.59. The Bertz CT molecular complexity index is 775. The standard InChI is InChI=1S/C18H18N2O4/c1-12(21)20-11-17(24-16-9-4-3-8-15(16)20)18(22)19-13-6-5-7-14(10-13)23-2/h3-10,17H,11H2,1-2H3,(H,19,22). The summed E-state index contributed by atoms with van der Waals surface area (Å²) in [5.41, 5.74) is 1.28. The molecule has 0 spiro atoms. The zero-order chi connectivity index (χ0) is 17.1. The molecule has 1 atom stereocenters. The number of anilines is 2. The van der Waals surface area contributed by atoms with E-state index in [9.17, 15) is 9.59 Å². The van der Waals surface area contributed by atoms with Crippen LogP contribution in [0.2, 0.25) is 0 Å². The van der Waals surface area contributed by atoms with E-state index in [-0.39, 0.29) is 18.4 Å². The molecular formula is C18H18N2O4. The van der Waals surface area contributed by atoms with Gasteiger partial charge in [-0.25, -0.2) is 0 Å². The first kappa shape index (κ1) is 15.9. The van der Waals surface area contributed by atoms with Gasteiger partial charge in [0.25, 0.3) is 5.91 Å². The van der Waals surface area contributed by atoms with E-state index < -0.39 is 6.10 Å². The zero-order valence-electron chi connectivity index (χ0n) is 13.5. The molecule has 0 saturated heterocycles. The van der Waals surface area contributed by atoms with Gasteiger partial charge in [0.05, 0.1) is 19.3 Å². The maximum atomic E-state index is 12.5. The van der Waals surface area contributed by atoms with Crippen molar-refractivity contribution in [2.24, 2.45) is 0 Å². The second-order valence-corrected chi connectivity index (χ2v) is 5.43. The Morgan fingerprint density at radius 1 is 1.21 bits per heavy atom. The summed E-state index contributed by atoms with van der Waals surface area (Å²) >= 11 is 0. The molecule has 1 aliphatic rings. The van der Waals surface area contributed by atoms with E-state index in [1.807, 2.05) is 6.07 Å². The Morgan fingerprint density at radius 2 is 2.00 bits per heavy atom. The second kappa shape index (κ2) is 6.62. The molecule has 3 rings (SSSR count). The Kier molecular flexibility index (Phi) is 4.37. The van der Waals surface area contributed by atoms with E-state index in [1.54, 1.807) is 54.5 Å². The van der Waals surface area contributed by atoms with Gasteiger partial charge in [-0.2, -0.15) is 0 Å². The molecule has 124 valence electrons. The molecule has 2 aromatic rings. The lowest BCUT2D eigenvalue weighted by Crippen LogP contribution is -2.48. The molecule has 0 saturated carbocycles. The van der Waals surface area contributed by atoms with Crippen LogP contribution in [-0.4, -0.2) is 31.6 Å². The topological polar surface area (TPSA) is 67.9 Å². The third kappa shape index (κ3) is 3.17. The van der Waals surface area contributed by atoms with Crippen molar-refractivity contribution in [3.63, 3.8) is 0 Å². The van der Waals surface area contributed by atoms with Crippen LogP contribution < -0.4 is 19.7 Å². The third-order valence-electron chi connectivity index (χ3n) is 3.78. The minimum atomic E-state index is -0.782. The van der Waals surface area contributed by atoms with Gasteiger partial charge >= 0.3 is 0 Å². The summed E-state index contributed by atoms with van der Waals surface area (Å²) < 4.78 is 10.9. The zero-order valence-corrected chi connectivity index (χ0v) is 13.5. The van der Waals surface area contributed by atoms with E-state index in [0.29, 0.717) is 22.9 Å². The Labute approximate surface area is 140 Å². The van der Waals surface area contributed by atoms with Crippen LogP contribution in [0.25, 0.3) is 0 Å². The van der Waals surface area contributed by atoms with Crippen LogP contribution in [0.5, 0.6) is 11.5 Å². The van der Waals surface area contributed by atoms with Crippen molar-refractivity contribution in [3.05, 3.63) is 48.5 Å². The first-order valence-electron chi connectivity index (χ1n) is 7.57. The molecular weight excluding hydrogens is 308 g/mol. The summed E-state index contributed by atoms with van der Waals surface area (Å²) in [6.45, 7) is 1.64. The van der Waals surface area contributed by atoms with Gasteiger partial charge in [0.15, 0.2) is 6.10 Å². The molecule has 0 aliphatic carbocycles. The minimum Gasteiger partial charge on any atom is -0.497 e. The lowest BCUT2D eigenvalue weighted by molar-refractivity contribution is -0.123. The number of hydrogen-bond acceptors (Lipinski definition) is 4. The average molecular weight is 326 g/mol. The van der Waals surface area contributed by atoms with Gasteiger partial charge in [-0.3, -0.25) is 9.59 Å². The van der Waals surface area contributed by atoms with Crippen LogP contribution >= 0.6 is 0 Å². The predicted molar refractivity (Wildman–Crippen MR) is 90.5 cm³/mol. The van der Waals surface area contributed by atoms with Gasteiger partial charge in [-0.1, -0.05) is 18.2 Å². The highest BCUT2D eigenvalue weighted by Crippen LogP contribution is 2.33. The number of nitrogens with one attached hydrogen (secondary N) is 1. The molecule has 2 amide bonds. The third-order valence-corrected chi connectivity index (χ3v) is 3.78. The number of hydrogen-bond donors (Lipinski definition) is 1. The number of nitrogens with zero attached hydrogens (tertiary/aromatic N) is 1. The van der Waals surface area contributed by atoms with Crippen molar-refractivity contribution in [3.8, 4) is 11.5 Å². The molecule has 0 radical (unpaired) electrons. The summed E-state index contributed by atoms with van der Waals surface area (Å²) in [7, 11) is 1.56. The van der Waals surface area contributed by atoms with Crippen LogP contribution in [0.15, 0.2) is 48.5 Å². The van der Waals surface area contributed by atoms with Gasteiger partial charge < -0.3 is 19.7 Å². The number of carbonyl (C=O) groups excluding carboxylic acids is 2. The maximum absolute atomic E-state index is 12.5. The first-order chi connectivity index (χ1) is 11.6. The number of methoxy groups -OCH3 is 1. The summed E-state index contributed by atoms with van der Waals surface area (Å²) in [4.78, 5) is 26.0. The van der Waals surface area contributed by atoms with E-state index in [2.05, 4.69) is 5.32 Å². The molecule has 1 aliphatic heterocycles. The van der Waals surface area contributed by atoms with Gasteiger partial charge in [-0.15, -0.1) is 0 Å². The van der Waals surface area contributed by atoms with Crippen LogP contribution in [0.4, 0.5) is 11.4 Å². The highest BCUT2D eigenvalue weighted by Gasteiger charge is 2.32. The van der Waals surface area contributed by atoms with Crippen LogP contribution in [0, 0.1) is 0 Å². The van der Waals surface area contributed by atoms with Gasteiger partial charge in [0, 0.05) is 18.7 Å². The van der Waals surface area contributed by atoms with E-state index >= 15 is 0 Å². The summed E-state index contributed by atoms with van der Waals surface area (Å²) in [5.74, 6) is 0.715. The minimum absolute atomic E-state index is 0.134. The first-order valence-corrected chi connectivity index (χ1v) is 7.57. The monoisotopic (exact) mass is 326 g/mol. The molecule has 0 bridgehead atoms. The Hall–Kier alpha value is -3.02. The number of amides is 2. The highest BCUT2D eigenvalue weighted by molar-refractivity contribution is 5.99. The molecule has 0 fully saturated rings. The average Bonchev–Trinajstić information content (AvgIpc) is 2.60. The fraction of sp³-hybridized carbons (Fsp3) is 0.222. The number of fused-ring (bicyclic) bond motifs is 1. The molecule has 1 heterocycles. The van der Waals surface area contributed by atoms with Crippen LogP contribution in [-0.2, 0) is 9.59 Å². The molecule has 1 N–H and O–H groups in total. The van der Waals surface area contributed by atoms with Crippen molar-refractivity contribution < 1.29 is 19.1 Å².